The van der Waals surface area contributed by atoms with Gasteiger partial charge in [0.2, 0.25) is 0 Å². The molecule has 0 aromatic carbocycles. The lowest BCUT2D eigenvalue weighted by atomic mass is 10.3. The van der Waals surface area contributed by atoms with E-state index in [9.17, 15) is 0 Å². The summed E-state index contributed by atoms with van der Waals surface area (Å²) in [6.07, 6.45) is 4.15. The minimum atomic E-state index is 0. The van der Waals surface area contributed by atoms with E-state index < -0.39 is 0 Å². The van der Waals surface area contributed by atoms with Crippen molar-refractivity contribution in [3.8, 4) is 0 Å². The molecule has 1 aliphatic rings. The maximum atomic E-state index is 5.27. The Bertz CT molecular complexity index is 43.3. The molecule has 0 radical (unpaired) electrons. The van der Waals surface area contributed by atoms with Gasteiger partial charge in [-0.05, 0) is 18.9 Å². The molecular formula is C5H12ClN. The van der Waals surface area contributed by atoms with Gasteiger partial charge in [0, 0.05) is 0 Å². The van der Waals surface area contributed by atoms with Crippen LogP contribution < -0.4 is 5.73 Å². The van der Waals surface area contributed by atoms with Gasteiger partial charge < -0.3 is 5.73 Å². The fraction of sp³-hybridized carbons (Fsp3) is 1.00. The van der Waals surface area contributed by atoms with Crippen LogP contribution >= 0.6 is 12.4 Å². The number of rotatable bonds is 2. The third-order valence-electron chi connectivity index (χ3n) is 1.27. The van der Waals surface area contributed by atoms with Crippen LogP contribution in [0.15, 0.2) is 0 Å². The molecule has 0 spiro atoms. The summed E-state index contributed by atoms with van der Waals surface area (Å²) in [6, 6.07) is 0. The summed E-state index contributed by atoms with van der Waals surface area (Å²) < 4.78 is 0. The maximum absolute atomic E-state index is 5.27. The van der Waals surface area contributed by atoms with Crippen LogP contribution in [0.3, 0.4) is 0 Å². The van der Waals surface area contributed by atoms with Crippen LogP contribution in [0.4, 0.5) is 0 Å². The lowest BCUT2D eigenvalue weighted by Crippen LogP contribution is -1.98. The lowest BCUT2D eigenvalue weighted by Gasteiger charge is -1.83. The summed E-state index contributed by atoms with van der Waals surface area (Å²) in [6.45, 7) is 0.894. The van der Waals surface area contributed by atoms with E-state index in [2.05, 4.69) is 0 Å². The van der Waals surface area contributed by atoms with Crippen molar-refractivity contribution < 1.29 is 0 Å². The smallest absolute Gasteiger partial charge is 0.00746 e. The van der Waals surface area contributed by atoms with Gasteiger partial charge >= 0.3 is 0 Å². The SMILES string of the molecule is Cl.NCCC1CC1. The quantitative estimate of drug-likeness (QED) is 0.583. The predicted molar refractivity (Wildman–Crippen MR) is 33.6 cm³/mol. The molecule has 0 amide bonds. The molecule has 0 aromatic rings. The molecule has 1 fully saturated rings. The van der Waals surface area contributed by atoms with Crippen LogP contribution in [0, 0.1) is 5.92 Å². The second-order valence-corrected chi connectivity index (χ2v) is 2.02. The molecule has 2 heteroatoms. The Hall–Kier alpha value is 0.250. The van der Waals surface area contributed by atoms with Crippen LogP contribution in [-0.2, 0) is 0 Å². The molecule has 7 heavy (non-hydrogen) atoms. The monoisotopic (exact) mass is 121 g/mol. The molecule has 0 unspecified atom stereocenters. The Morgan fingerprint density at radius 3 is 2.14 bits per heavy atom. The Balaban J connectivity index is 0.000000360. The van der Waals surface area contributed by atoms with E-state index >= 15 is 0 Å². The van der Waals surface area contributed by atoms with Crippen molar-refractivity contribution in [2.24, 2.45) is 11.7 Å². The van der Waals surface area contributed by atoms with E-state index in [1.54, 1.807) is 0 Å². The zero-order valence-corrected chi connectivity index (χ0v) is 5.21. The first kappa shape index (κ1) is 7.25. The molecule has 0 saturated heterocycles. The van der Waals surface area contributed by atoms with Crippen molar-refractivity contribution in [3.63, 3.8) is 0 Å². The van der Waals surface area contributed by atoms with E-state index in [0.29, 0.717) is 0 Å². The van der Waals surface area contributed by atoms with Crippen molar-refractivity contribution in [3.05, 3.63) is 0 Å². The number of halogens is 1. The van der Waals surface area contributed by atoms with Gasteiger partial charge in [0.15, 0.2) is 0 Å². The van der Waals surface area contributed by atoms with Crippen LogP contribution in [0.5, 0.6) is 0 Å². The molecule has 44 valence electrons. The number of hydrogen-bond acceptors (Lipinski definition) is 1. The zero-order chi connectivity index (χ0) is 4.41. The molecule has 0 heterocycles. The first-order valence-electron chi connectivity index (χ1n) is 2.63. The van der Waals surface area contributed by atoms with E-state index in [0.717, 1.165) is 12.5 Å². The van der Waals surface area contributed by atoms with Gasteiger partial charge in [0.25, 0.3) is 0 Å². The Morgan fingerprint density at radius 1 is 1.43 bits per heavy atom. The van der Waals surface area contributed by atoms with Crippen molar-refractivity contribution in [2.75, 3.05) is 6.54 Å². The Labute approximate surface area is 50.7 Å². The maximum Gasteiger partial charge on any atom is -0.00746 e. The normalized spacial score (nSPS) is 18.4. The molecule has 1 saturated carbocycles. The van der Waals surface area contributed by atoms with Crippen LogP contribution in [-0.4, -0.2) is 6.54 Å². The molecule has 0 bridgehead atoms. The minimum Gasteiger partial charge on any atom is -0.330 e. The predicted octanol–water partition coefficient (Wildman–Crippen LogP) is 1.17. The van der Waals surface area contributed by atoms with Crippen LogP contribution in [0.2, 0.25) is 0 Å². The molecule has 2 N–H and O–H groups in total. The molecule has 0 atom stereocenters. The summed E-state index contributed by atoms with van der Waals surface area (Å²) in [7, 11) is 0. The van der Waals surface area contributed by atoms with Crippen LogP contribution in [0.1, 0.15) is 19.3 Å². The summed E-state index contributed by atoms with van der Waals surface area (Å²) >= 11 is 0. The van der Waals surface area contributed by atoms with Crippen molar-refractivity contribution in [1.82, 2.24) is 0 Å². The highest BCUT2D eigenvalue weighted by Gasteiger charge is 2.18. The fourth-order valence-electron chi connectivity index (χ4n) is 0.642. The second-order valence-electron chi connectivity index (χ2n) is 2.02. The number of nitrogens with two attached hydrogens (primary N) is 1. The highest BCUT2D eigenvalue weighted by molar-refractivity contribution is 5.85. The Morgan fingerprint density at radius 2 is 2.00 bits per heavy atom. The summed E-state index contributed by atoms with van der Waals surface area (Å²) in [5.41, 5.74) is 5.27. The molecule has 0 aromatic heterocycles. The molecule has 0 aliphatic heterocycles. The standard InChI is InChI=1S/C5H11N.ClH/c6-4-3-5-1-2-5;/h5H,1-4,6H2;1H. The van der Waals surface area contributed by atoms with Crippen molar-refractivity contribution in [1.29, 1.82) is 0 Å². The molecule has 1 rings (SSSR count). The zero-order valence-electron chi connectivity index (χ0n) is 4.39. The van der Waals surface area contributed by atoms with Gasteiger partial charge in [-0.25, -0.2) is 0 Å². The molecular weight excluding hydrogens is 110 g/mol. The lowest BCUT2D eigenvalue weighted by molar-refractivity contribution is 0.739. The average molecular weight is 122 g/mol. The summed E-state index contributed by atoms with van der Waals surface area (Å²) in [5.74, 6) is 1.02. The largest absolute Gasteiger partial charge is 0.330 e. The van der Waals surface area contributed by atoms with Gasteiger partial charge in [-0.3, -0.25) is 0 Å². The van der Waals surface area contributed by atoms with Crippen molar-refractivity contribution >= 4 is 12.4 Å². The summed E-state index contributed by atoms with van der Waals surface area (Å²) in [4.78, 5) is 0. The molecule has 1 aliphatic carbocycles. The van der Waals surface area contributed by atoms with Gasteiger partial charge in [-0.15, -0.1) is 12.4 Å². The Kier molecular flexibility index (Phi) is 3.39. The van der Waals surface area contributed by atoms with E-state index in [4.69, 9.17) is 5.73 Å². The van der Waals surface area contributed by atoms with E-state index in [1.807, 2.05) is 0 Å². The first-order chi connectivity index (χ1) is 2.93. The van der Waals surface area contributed by atoms with Gasteiger partial charge in [0.1, 0.15) is 0 Å². The number of hydrogen-bond donors (Lipinski definition) is 1. The summed E-state index contributed by atoms with van der Waals surface area (Å²) in [5, 5.41) is 0. The second kappa shape index (κ2) is 3.28. The fourth-order valence-corrected chi connectivity index (χ4v) is 0.642. The van der Waals surface area contributed by atoms with Crippen molar-refractivity contribution in [2.45, 2.75) is 19.3 Å². The van der Waals surface area contributed by atoms with E-state index in [-0.39, 0.29) is 12.4 Å². The van der Waals surface area contributed by atoms with Gasteiger partial charge in [-0.2, -0.15) is 0 Å². The highest BCUT2D eigenvalue weighted by Crippen LogP contribution is 2.31. The third-order valence-corrected chi connectivity index (χ3v) is 1.27. The topological polar surface area (TPSA) is 26.0 Å². The third kappa shape index (κ3) is 2.89. The molecule has 1 nitrogen and oxygen atoms in total. The van der Waals surface area contributed by atoms with Crippen LogP contribution in [0.25, 0.3) is 0 Å². The highest BCUT2D eigenvalue weighted by atomic mass is 35.5. The average Bonchev–Trinajstić information content (AvgIpc) is 2.21. The van der Waals surface area contributed by atoms with Gasteiger partial charge in [-0.1, -0.05) is 12.8 Å². The first-order valence-corrected chi connectivity index (χ1v) is 2.63. The minimum absolute atomic E-state index is 0. The van der Waals surface area contributed by atoms with E-state index in [1.165, 1.54) is 19.3 Å². The van der Waals surface area contributed by atoms with Gasteiger partial charge in [0.05, 0.1) is 0 Å².